The van der Waals surface area contributed by atoms with Gasteiger partial charge in [-0.3, -0.25) is 9.10 Å². The second-order valence-electron chi connectivity index (χ2n) is 8.84. The Balaban J connectivity index is 1.54. The Hall–Kier alpha value is -2.87. The Kier molecular flexibility index (Phi) is 6.71. The predicted octanol–water partition coefficient (Wildman–Crippen LogP) is 2.31. The van der Waals surface area contributed by atoms with E-state index in [1.807, 2.05) is 0 Å². The molecule has 0 aliphatic carbocycles. The minimum absolute atomic E-state index is 0.0283. The van der Waals surface area contributed by atoms with Gasteiger partial charge in [-0.1, -0.05) is 0 Å². The molecule has 0 radical (unpaired) electrons. The maximum Gasteiger partial charge on any atom is 0.417 e. The zero-order chi connectivity index (χ0) is 26.5. The van der Waals surface area contributed by atoms with E-state index in [-0.39, 0.29) is 41.5 Å². The van der Waals surface area contributed by atoms with Gasteiger partial charge in [0.05, 0.1) is 27.5 Å². The highest BCUT2D eigenvalue weighted by Crippen LogP contribution is 2.32. The maximum atomic E-state index is 13.3. The number of benzene rings is 1. The molecule has 1 aromatic carbocycles. The van der Waals surface area contributed by atoms with Crippen LogP contribution in [0.4, 0.5) is 24.7 Å². The fourth-order valence-electron chi connectivity index (χ4n) is 4.42. The van der Waals surface area contributed by atoms with Crippen LogP contribution < -0.4 is 9.21 Å². The van der Waals surface area contributed by atoms with Crippen LogP contribution >= 0.6 is 0 Å². The summed E-state index contributed by atoms with van der Waals surface area (Å²) < 4.78 is 89.5. The number of aryl methyl sites for hydroxylation is 1. The molecule has 2 aliphatic heterocycles. The summed E-state index contributed by atoms with van der Waals surface area (Å²) in [6, 6.07) is 5.00. The standard InChI is InChI=1S/C22H25F3N4O5S2/c1-15-12-16(22(23,24)25)14-26-20(15)27-7-9-28(10-8-27)21(30)18-5-4-17(13-19(18)35(2,31)32)29-6-3-11-36(29,33)34/h4-5,12-14H,3,6-11H2,1-2H3. The van der Waals surface area contributed by atoms with Gasteiger partial charge >= 0.3 is 6.18 Å². The first-order valence-electron chi connectivity index (χ1n) is 11.1. The molecule has 2 fully saturated rings. The molecule has 2 aliphatic rings. The number of carbonyl (C=O) groups excluding carboxylic acids is 1. The quantitative estimate of drug-likeness (QED) is 0.579. The molecule has 0 atom stereocenters. The zero-order valence-electron chi connectivity index (χ0n) is 19.6. The molecule has 1 aromatic heterocycles. The van der Waals surface area contributed by atoms with Crippen LogP contribution in [0.3, 0.4) is 0 Å². The van der Waals surface area contributed by atoms with E-state index >= 15 is 0 Å². The van der Waals surface area contributed by atoms with Crippen LogP contribution in [0.2, 0.25) is 0 Å². The van der Waals surface area contributed by atoms with Crippen LogP contribution in [0, 0.1) is 6.92 Å². The molecule has 36 heavy (non-hydrogen) atoms. The van der Waals surface area contributed by atoms with Gasteiger partial charge in [0, 0.05) is 45.2 Å². The number of carbonyl (C=O) groups is 1. The normalized spacial score (nSPS) is 18.5. The van der Waals surface area contributed by atoms with Crippen molar-refractivity contribution in [1.29, 1.82) is 0 Å². The number of amides is 1. The van der Waals surface area contributed by atoms with Gasteiger partial charge in [-0.05, 0) is 43.2 Å². The van der Waals surface area contributed by atoms with E-state index in [0.717, 1.165) is 22.8 Å². The highest BCUT2D eigenvalue weighted by Gasteiger charge is 2.33. The van der Waals surface area contributed by atoms with Crippen molar-refractivity contribution in [3.8, 4) is 0 Å². The molecule has 0 N–H and O–H groups in total. The van der Waals surface area contributed by atoms with Gasteiger partial charge in [-0.2, -0.15) is 13.2 Å². The highest BCUT2D eigenvalue weighted by molar-refractivity contribution is 7.93. The minimum atomic E-state index is -4.49. The Morgan fingerprint density at radius 3 is 2.25 bits per heavy atom. The number of nitrogens with zero attached hydrogens (tertiary/aromatic N) is 4. The van der Waals surface area contributed by atoms with Gasteiger partial charge in [0.15, 0.2) is 9.84 Å². The second-order valence-corrected chi connectivity index (χ2v) is 12.8. The van der Waals surface area contributed by atoms with Crippen molar-refractivity contribution in [1.82, 2.24) is 9.88 Å². The SMILES string of the molecule is Cc1cc(C(F)(F)F)cnc1N1CCN(C(=O)c2ccc(N3CCCS3(=O)=O)cc2S(C)(=O)=O)CC1. The molecular weight excluding hydrogens is 521 g/mol. The van der Waals surface area contributed by atoms with E-state index in [2.05, 4.69) is 4.98 Å². The number of rotatable bonds is 4. The van der Waals surface area contributed by atoms with E-state index in [1.54, 1.807) is 4.90 Å². The van der Waals surface area contributed by atoms with Crippen molar-refractivity contribution < 1.29 is 34.8 Å². The lowest BCUT2D eigenvalue weighted by molar-refractivity contribution is -0.137. The van der Waals surface area contributed by atoms with Gasteiger partial charge in [-0.25, -0.2) is 21.8 Å². The summed E-state index contributed by atoms with van der Waals surface area (Å²) in [5.41, 5.74) is -0.347. The summed E-state index contributed by atoms with van der Waals surface area (Å²) in [6.45, 7) is 2.76. The van der Waals surface area contributed by atoms with E-state index in [0.29, 0.717) is 30.9 Å². The highest BCUT2D eigenvalue weighted by atomic mass is 32.2. The minimum Gasteiger partial charge on any atom is -0.353 e. The van der Waals surface area contributed by atoms with Crippen molar-refractivity contribution >= 4 is 37.3 Å². The second kappa shape index (κ2) is 9.21. The number of halogens is 3. The molecule has 0 saturated carbocycles. The zero-order valence-corrected chi connectivity index (χ0v) is 21.2. The lowest BCUT2D eigenvalue weighted by Crippen LogP contribution is -2.49. The third-order valence-electron chi connectivity index (χ3n) is 6.23. The first-order valence-corrected chi connectivity index (χ1v) is 14.6. The summed E-state index contributed by atoms with van der Waals surface area (Å²) >= 11 is 0. The Morgan fingerprint density at radius 2 is 1.72 bits per heavy atom. The molecule has 4 rings (SSSR count). The van der Waals surface area contributed by atoms with Crippen LogP contribution in [-0.2, 0) is 26.0 Å². The van der Waals surface area contributed by atoms with E-state index < -0.39 is 37.5 Å². The molecule has 0 unspecified atom stereocenters. The smallest absolute Gasteiger partial charge is 0.353 e. The van der Waals surface area contributed by atoms with Crippen LogP contribution in [0.15, 0.2) is 35.4 Å². The van der Waals surface area contributed by atoms with E-state index in [4.69, 9.17) is 0 Å². The number of sulfonamides is 1. The topological polar surface area (TPSA) is 108 Å². The van der Waals surface area contributed by atoms with Crippen molar-refractivity contribution in [3.63, 3.8) is 0 Å². The molecule has 196 valence electrons. The van der Waals surface area contributed by atoms with Crippen molar-refractivity contribution in [2.45, 2.75) is 24.4 Å². The summed E-state index contributed by atoms with van der Waals surface area (Å²) in [5.74, 6) is -0.162. The number of aromatic nitrogens is 1. The van der Waals surface area contributed by atoms with Gasteiger partial charge in [-0.15, -0.1) is 0 Å². The third-order valence-corrected chi connectivity index (χ3v) is 9.23. The fourth-order valence-corrected chi connectivity index (χ4v) is 6.87. The van der Waals surface area contributed by atoms with Gasteiger partial charge in [0.2, 0.25) is 10.0 Å². The Morgan fingerprint density at radius 1 is 1.06 bits per heavy atom. The number of anilines is 2. The molecule has 1 amide bonds. The van der Waals surface area contributed by atoms with Crippen LogP contribution in [0.25, 0.3) is 0 Å². The van der Waals surface area contributed by atoms with Crippen LogP contribution in [-0.4, -0.2) is 77.4 Å². The summed E-state index contributed by atoms with van der Waals surface area (Å²) in [7, 11) is -7.40. The van der Waals surface area contributed by atoms with Crippen molar-refractivity contribution in [2.75, 3.05) is 53.9 Å². The lowest BCUT2D eigenvalue weighted by atomic mass is 10.1. The van der Waals surface area contributed by atoms with Crippen molar-refractivity contribution in [3.05, 3.63) is 47.2 Å². The van der Waals surface area contributed by atoms with Gasteiger partial charge < -0.3 is 9.80 Å². The molecule has 9 nitrogen and oxygen atoms in total. The molecule has 2 saturated heterocycles. The monoisotopic (exact) mass is 546 g/mol. The maximum absolute atomic E-state index is 13.3. The molecule has 0 bridgehead atoms. The number of sulfone groups is 1. The Bertz CT molecular complexity index is 1400. The Labute approximate surface area is 207 Å². The first kappa shape index (κ1) is 26.2. The van der Waals surface area contributed by atoms with Gasteiger partial charge in [0.1, 0.15) is 5.82 Å². The van der Waals surface area contributed by atoms with Crippen LogP contribution in [0.1, 0.15) is 27.9 Å². The summed E-state index contributed by atoms with van der Waals surface area (Å²) in [5, 5.41) is 0. The predicted molar refractivity (Wildman–Crippen MR) is 127 cm³/mol. The van der Waals surface area contributed by atoms with Crippen molar-refractivity contribution in [2.24, 2.45) is 0 Å². The molecule has 14 heteroatoms. The summed E-state index contributed by atoms with van der Waals surface area (Å²) in [4.78, 5) is 20.2. The van der Waals surface area contributed by atoms with E-state index in [9.17, 15) is 34.8 Å². The summed E-state index contributed by atoms with van der Waals surface area (Å²) in [6.07, 6.45) is -2.33. The van der Waals surface area contributed by atoms with E-state index in [1.165, 1.54) is 30.0 Å². The molecule has 2 aromatic rings. The number of pyridine rings is 1. The fraction of sp³-hybridized carbons (Fsp3) is 0.455. The number of piperazine rings is 1. The first-order chi connectivity index (χ1) is 16.7. The third kappa shape index (κ3) is 5.14. The average Bonchev–Trinajstić information content (AvgIpc) is 3.16. The lowest BCUT2D eigenvalue weighted by Gasteiger charge is -2.36. The van der Waals surface area contributed by atoms with Crippen LogP contribution in [0.5, 0.6) is 0 Å². The molecule has 3 heterocycles. The molecular formula is C22H25F3N4O5S2. The molecule has 0 spiro atoms. The average molecular weight is 547 g/mol. The number of alkyl halides is 3. The number of hydrogen-bond donors (Lipinski definition) is 0. The van der Waals surface area contributed by atoms with Gasteiger partial charge in [0.25, 0.3) is 5.91 Å². The number of hydrogen-bond acceptors (Lipinski definition) is 7. The largest absolute Gasteiger partial charge is 0.417 e.